The number of aromatic nitrogens is 3. The highest BCUT2D eigenvalue weighted by molar-refractivity contribution is 5.73. The number of nitrogens with one attached hydrogen (secondary N) is 1. The molecule has 1 aromatic heterocycles. The molecule has 0 aromatic carbocycles. The van der Waals surface area contributed by atoms with Gasteiger partial charge in [0.25, 0.3) is 0 Å². The van der Waals surface area contributed by atoms with Crippen molar-refractivity contribution in [2.24, 2.45) is 7.05 Å². The van der Waals surface area contributed by atoms with Crippen molar-refractivity contribution in [1.82, 2.24) is 25.0 Å². The van der Waals surface area contributed by atoms with Gasteiger partial charge in [0.15, 0.2) is 0 Å². The SMILES string of the molecule is Cc1nnc(CN2CCNCC2C(=O)O)n1C. The summed E-state index contributed by atoms with van der Waals surface area (Å²) < 4.78 is 1.89. The predicted molar refractivity (Wildman–Crippen MR) is 60.4 cm³/mol. The van der Waals surface area contributed by atoms with E-state index in [0.717, 1.165) is 18.2 Å². The second-order valence-electron chi connectivity index (χ2n) is 4.25. The van der Waals surface area contributed by atoms with Gasteiger partial charge in [-0.3, -0.25) is 9.69 Å². The van der Waals surface area contributed by atoms with E-state index in [1.807, 2.05) is 23.4 Å². The molecule has 0 aliphatic carbocycles. The van der Waals surface area contributed by atoms with Crippen LogP contribution in [0.25, 0.3) is 0 Å². The van der Waals surface area contributed by atoms with Crippen LogP contribution < -0.4 is 5.32 Å². The van der Waals surface area contributed by atoms with Crippen LogP contribution in [0.4, 0.5) is 0 Å². The first kappa shape index (κ1) is 12.0. The number of nitrogens with zero attached hydrogens (tertiary/aromatic N) is 4. The van der Waals surface area contributed by atoms with Gasteiger partial charge in [-0.15, -0.1) is 10.2 Å². The van der Waals surface area contributed by atoms with Crippen molar-refractivity contribution >= 4 is 5.97 Å². The van der Waals surface area contributed by atoms with E-state index < -0.39 is 12.0 Å². The largest absolute Gasteiger partial charge is 0.480 e. The molecule has 0 radical (unpaired) electrons. The summed E-state index contributed by atoms with van der Waals surface area (Å²) in [6.45, 7) is 4.40. The van der Waals surface area contributed by atoms with E-state index in [-0.39, 0.29) is 0 Å². The minimum Gasteiger partial charge on any atom is -0.480 e. The Balaban J connectivity index is 2.10. The molecule has 1 aliphatic heterocycles. The number of rotatable bonds is 3. The lowest BCUT2D eigenvalue weighted by atomic mass is 10.2. The number of aliphatic carboxylic acids is 1. The summed E-state index contributed by atoms with van der Waals surface area (Å²) in [6.07, 6.45) is 0. The van der Waals surface area contributed by atoms with Crippen LogP contribution >= 0.6 is 0 Å². The van der Waals surface area contributed by atoms with Crippen molar-refractivity contribution in [3.05, 3.63) is 11.6 Å². The zero-order valence-corrected chi connectivity index (χ0v) is 10.1. The average molecular weight is 239 g/mol. The summed E-state index contributed by atoms with van der Waals surface area (Å²) in [5.41, 5.74) is 0. The van der Waals surface area contributed by atoms with Crippen molar-refractivity contribution < 1.29 is 9.90 Å². The molecule has 1 unspecified atom stereocenters. The van der Waals surface area contributed by atoms with E-state index in [1.54, 1.807) is 0 Å². The molecule has 7 heteroatoms. The molecule has 7 nitrogen and oxygen atoms in total. The minimum absolute atomic E-state index is 0.478. The topological polar surface area (TPSA) is 83.3 Å². The fourth-order valence-electron chi connectivity index (χ4n) is 1.95. The Labute approximate surface area is 99.4 Å². The molecule has 1 saturated heterocycles. The van der Waals surface area contributed by atoms with Crippen molar-refractivity contribution in [3.8, 4) is 0 Å². The third-order valence-corrected chi connectivity index (χ3v) is 3.17. The van der Waals surface area contributed by atoms with Crippen LogP contribution in [0.2, 0.25) is 0 Å². The maximum atomic E-state index is 11.1. The molecule has 1 atom stereocenters. The standard InChI is InChI=1S/C10H17N5O2/c1-7-12-13-9(14(7)2)6-15-4-3-11-5-8(15)10(16)17/h8,11H,3-6H2,1-2H3,(H,16,17). The number of piperazine rings is 1. The number of carboxylic acid groups (broad SMARTS) is 1. The summed E-state index contributed by atoms with van der Waals surface area (Å²) >= 11 is 0. The lowest BCUT2D eigenvalue weighted by Gasteiger charge is -2.32. The Bertz CT molecular complexity index is 417. The monoisotopic (exact) mass is 239 g/mol. The Morgan fingerprint density at radius 3 is 2.94 bits per heavy atom. The maximum Gasteiger partial charge on any atom is 0.322 e. The summed E-state index contributed by atoms with van der Waals surface area (Å²) in [4.78, 5) is 13.0. The van der Waals surface area contributed by atoms with Crippen LogP contribution in [0.3, 0.4) is 0 Å². The first-order valence-electron chi connectivity index (χ1n) is 5.62. The molecule has 0 saturated carbocycles. The third kappa shape index (κ3) is 2.45. The van der Waals surface area contributed by atoms with E-state index in [0.29, 0.717) is 19.6 Å². The average Bonchev–Trinajstić information content (AvgIpc) is 2.61. The number of hydrogen-bond acceptors (Lipinski definition) is 5. The van der Waals surface area contributed by atoms with Gasteiger partial charge in [-0.25, -0.2) is 0 Å². The highest BCUT2D eigenvalue weighted by Crippen LogP contribution is 2.09. The molecule has 0 amide bonds. The fourth-order valence-corrected chi connectivity index (χ4v) is 1.95. The van der Waals surface area contributed by atoms with Crippen molar-refractivity contribution in [2.75, 3.05) is 19.6 Å². The van der Waals surface area contributed by atoms with Gasteiger partial charge in [-0.1, -0.05) is 0 Å². The van der Waals surface area contributed by atoms with E-state index in [9.17, 15) is 4.79 Å². The van der Waals surface area contributed by atoms with Gasteiger partial charge in [0.1, 0.15) is 17.7 Å². The Hall–Kier alpha value is -1.47. The highest BCUT2D eigenvalue weighted by atomic mass is 16.4. The zero-order chi connectivity index (χ0) is 12.4. The van der Waals surface area contributed by atoms with Crippen molar-refractivity contribution in [1.29, 1.82) is 0 Å². The normalized spacial score (nSPS) is 21.6. The van der Waals surface area contributed by atoms with Gasteiger partial charge in [-0.2, -0.15) is 0 Å². The van der Waals surface area contributed by atoms with Crippen LogP contribution in [0.1, 0.15) is 11.6 Å². The summed E-state index contributed by atoms with van der Waals surface area (Å²) in [5.74, 6) is 0.841. The van der Waals surface area contributed by atoms with Gasteiger partial charge in [0, 0.05) is 26.7 Å². The van der Waals surface area contributed by atoms with Gasteiger partial charge in [0.2, 0.25) is 0 Å². The molecule has 1 fully saturated rings. The minimum atomic E-state index is -0.795. The molecule has 2 heterocycles. The zero-order valence-electron chi connectivity index (χ0n) is 10.1. The molecule has 1 aromatic rings. The van der Waals surface area contributed by atoms with Gasteiger partial charge < -0.3 is 15.0 Å². The summed E-state index contributed by atoms with van der Waals surface area (Å²) in [6, 6.07) is -0.485. The van der Waals surface area contributed by atoms with Crippen molar-refractivity contribution in [2.45, 2.75) is 19.5 Å². The summed E-state index contributed by atoms with van der Waals surface area (Å²) in [5, 5.41) is 20.3. The molecule has 94 valence electrons. The lowest BCUT2D eigenvalue weighted by Crippen LogP contribution is -2.54. The molecule has 1 aliphatic rings. The molecule has 17 heavy (non-hydrogen) atoms. The van der Waals surface area contributed by atoms with Crippen LogP contribution in [0.5, 0.6) is 0 Å². The highest BCUT2D eigenvalue weighted by Gasteiger charge is 2.29. The number of carbonyl (C=O) groups is 1. The molecule has 0 spiro atoms. The van der Waals surface area contributed by atoms with E-state index in [4.69, 9.17) is 5.11 Å². The fraction of sp³-hybridized carbons (Fsp3) is 0.700. The number of hydrogen-bond donors (Lipinski definition) is 2. The molecule has 2 N–H and O–H groups in total. The molecular weight excluding hydrogens is 222 g/mol. The molecular formula is C10H17N5O2. The Kier molecular flexibility index (Phi) is 3.39. The molecule has 0 bridgehead atoms. The third-order valence-electron chi connectivity index (χ3n) is 3.17. The van der Waals surface area contributed by atoms with Crippen LogP contribution in [0.15, 0.2) is 0 Å². The Morgan fingerprint density at radius 1 is 1.59 bits per heavy atom. The second kappa shape index (κ2) is 4.80. The van der Waals surface area contributed by atoms with Crippen LogP contribution in [-0.4, -0.2) is 56.4 Å². The number of carboxylic acids is 1. The molecule has 2 rings (SSSR count). The van der Waals surface area contributed by atoms with Crippen LogP contribution in [0, 0.1) is 6.92 Å². The lowest BCUT2D eigenvalue weighted by molar-refractivity contribution is -0.144. The van der Waals surface area contributed by atoms with Gasteiger partial charge >= 0.3 is 5.97 Å². The van der Waals surface area contributed by atoms with Gasteiger partial charge in [-0.05, 0) is 6.92 Å². The summed E-state index contributed by atoms with van der Waals surface area (Å²) in [7, 11) is 1.89. The van der Waals surface area contributed by atoms with Crippen LogP contribution in [-0.2, 0) is 18.4 Å². The van der Waals surface area contributed by atoms with Gasteiger partial charge in [0.05, 0.1) is 6.54 Å². The smallest absolute Gasteiger partial charge is 0.322 e. The van der Waals surface area contributed by atoms with E-state index in [2.05, 4.69) is 15.5 Å². The predicted octanol–water partition coefficient (Wildman–Crippen LogP) is -1.02. The quantitative estimate of drug-likeness (QED) is 0.702. The first-order chi connectivity index (χ1) is 8.09. The first-order valence-corrected chi connectivity index (χ1v) is 5.62. The Morgan fingerprint density at radius 2 is 2.35 bits per heavy atom. The van der Waals surface area contributed by atoms with Crippen molar-refractivity contribution in [3.63, 3.8) is 0 Å². The second-order valence-corrected chi connectivity index (χ2v) is 4.25. The maximum absolute atomic E-state index is 11.1. The van der Waals surface area contributed by atoms with E-state index in [1.165, 1.54) is 0 Å². The number of aryl methyl sites for hydroxylation is 1. The van der Waals surface area contributed by atoms with E-state index >= 15 is 0 Å².